The maximum Gasteiger partial charge on any atom is 0.417 e. The number of nitrogens with one attached hydrogen (secondary N) is 1. The summed E-state index contributed by atoms with van der Waals surface area (Å²) in [6, 6.07) is 0.772. The molecule has 0 aliphatic heterocycles. The molecule has 0 bridgehead atoms. The topological polar surface area (TPSA) is 65.5 Å². The van der Waals surface area contributed by atoms with Gasteiger partial charge in [0.2, 0.25) is 0 Å². The van der Waals surface area contributed by atoms with E-state index in [1.807, 2.05) is 0 Å². The molecule has 0 aliphatic rings. The molecule has 0 fully saturated rings. The summed E-state index contributed by atoms with van der Waals surface area (Å²) in [6.07, 6.45) is -3.52. The number of nitrogens with zero attached hydrogens (tertiary/aromatic N) is 2. The molecule has 0 saturated heterocycles. The van der Waals surface area contributed by atoms with E-state index >= 15 is 0 Å². The molecule has 2 N–H and O–H groups in total. The second-order valence-electron chi connectivity index (χ2n) is 5.10. The Morgan fingerprint density at radius 2 is 1.84 bits per heavy atom. The van der Waals surface area contributed by atoms with E-state index in [4.69, 9.17) is 16.7 Å². The first kappa shape index (κ1) is 23.5. The Labute approximate surface area is 151 Å². The predicted octanol–water partition coefficient (Wildman–Crippen LogP) is 4.38. The van der Waals surface area contributed by atoms with Crippen LogP contribution in [0.15, 0.2) is 12.3 Å². The number of carboxylic acid groups (broad SMARTS) is 1. The van der Waals surface area contributed by atoms with Crippen molar-refractivity contribution in [1.29, 1.82) is 0 Å². The number of halogens is 4. The Balaban J connectivity index is 0.000000697. The highest BCUT2D eigenvalue weighted by molar-refractivity contribution is 6.32. The fraction of sp³-hybridized carbons (Fsp3) is 0.625. The molecule has 0 aliphatic carbocycles. The average molecular weight is 384 g/mol. The quantitative estimate of drug-likeness (QED) is 0.652. The number of hydrogen-bond acceptors (Lipinski definition) is 4. The number of aromatic nitrogens is 1. The van der Waals surface area contributed by atoms with Gasteiger partial charge in [0.05, 0.1) is 10.6 Å². The number of aliphatic carboxylic acids is 1. The molecular formula is C16H25ClF3N3O2. The second-order valence-corrected chi connectivity index (χ2v) is 5.50. The first-order valence-corrected chi connectivity index (χ1v) is 8.44. The Hall–Kier alpha value is -1.54. The summed E-state index contributed by atoms with van der Waals surface area (Å²) < 4.78 is 36.9. The standard InChI is InChI=1S/C10H10ClF3N2O2.C6H15N/c11-7-4-6(10(12,13)14)5-16-9(7)15-3-1-2-8(17)18;1-4-7(5-2)6-3/h4-5H,1-3H2,(H,15,16)(H,17,18);4-6H2,1-3H3. The van der Waals surface area contributed by atoms with E-state index in [1.54, 1.807) is 0 Å². The van der Waals surface area contributed by atoms with Crippen molar-refractivity contribution >= 4 is 23.4 Å². The number of carboxylic acids is 1. The summed E-state index contributed by atoms with van der Waals surface area (Å²) >= 11 is 5.64. The molecule has 1 heterocycles. The summed E-state index contributed by atoms with van der Waals surface area (Å²) in [5.41, 5.74) is -0.927. The number of pyridine rings is 1. The van der Waals surface area contributed by atoms with Crippen LogP contribution in [-0.2, 0) is 11.0 Å². The summed E-state index contributed by atoms with van der Waals surface area (Å²) in [4.78, 5) is 16.2. The zero-order valence-electron chi connectivity index (χ0n) is 14.7. The second kappa shape index (κ2) is 11.9. The van der Waals surface area contributed by atoms with Crippen molar-refractivity contribution < 1.29 is 23.1 Å². The summed E-state index contributed by atoms with van der Waals surface area (Å²) in [6.45, 7) is 10.4. The van der Waals surface area contributed by atoms with Gasteiger partial charge in [0.1, 0.15) is 5.82 Å². The Morgan fingerprint density at radius 1 is 1.28 bits per heavy atom. The molecule has 144 valence electrons. The van der Waals surface area contributed by atoms with Crippen molar-refractivity contribution in [2.24, 2.45) is 0 Å². The van der Waals surface area contributed by atoms with E-state index in [9.17, 15) is 18.0 Å². The zero-order valence-corrected chi connectivity index (χ0v) is 15.4. The highest BCUT2D eigenvalue weighted by Crippen LogP contribution is 2.32. The summed E-state index contributed by atoms with van der Waals surface area (Å²) in [5, 5.41) is 10.9. The van der Waals surface area contributed by atoms with Crippen LogP contribution in [-0.4, -0.2) is 47.1 Å². The molecule has 0 spiro atoms. The smallest absolute Gasteiger partial charge is 0.417 e. The normalized spacial score (nSPS) is 11.0. The number of hydrogen-bond donors (Lipinski definition) is 2. The van der Waals surface area contributed by atoms with Crippen LogP contribution in [0.2, 0.25) is 5.02 Å². The number of rotatable bonds is 8. The van der Waals surface area contributed by atoms with Gasteiger partial charge >= 0.3 is 12.1 Å². The molecule has 0 aromatic carbocycles. The van der Waals surface area contributed by atoms with Crippen molar-refractivity contribution in [1.82, 2.24) is 9.88 Å². The molecule has 0 atom stereocenters. The van der Waals surface area contributed by atoms with Gasteiger partial charge in [-0.25, -0.2) is 4.98 Å². The number of alkyl halides is 3. The van der Waals surface area contributed by atoms with Gasteiger partial charge in [-0.05, 0) is 32.1 Å². The lowest BCUT2D eigenvalue weighted by Gasteiger charge is -2.13. The van der Waals surface area contributed by atoms with Crippen molar-refractivity contribution in [3.63, 3.8) is 0 Å². The fourth-order valence-electron chi connectivity index (χ4n) is 1.84. The minimum Gasteiger partial charge on any atom is -0.481 e. The van der Waals surface area contributed by atoms with Gasteiger partial charge < -0.3 is 15.3 Å². The van der Waals surface area contributed by atoms with Gasteiger partial charge in [-0.3, -0.25) is 4.79 Å². The van der Waals surface area contributed by atoms with Gasteiger partial charge in [0.25, 0.3) is 0 Å². The van der Waals surface area contributed by atoms with Crippen molar-refractivity contribution in [3.05, 3.63) is 22.8 Å². The van der Waals surface area contributed by atoms with E-state index in [2.05, 4.69) is 36.0 Å². The van der Waals surface area contributed by atoms with Crippen LogP contribution in [0.25, 0.3) is 0 Å². The predicted molar refractivity (Wildman–Crippen MR) is 93.1 cm³/mol. The number of anilines is 1. The maximum absolute atomic E-state index is 12.3. The molecule has 1 aromatic heterocycles. The van der Waals surface area contributed by atoms with Gasteiger partial charge in [-0.2, -0.15) is 13.2 Å². The van der Waals surface area contributed by atoms with Gasteiger partial charge in [-0.15, -0.1) is 0 Å². The molecule has 0 radical (unpaired) electrons. The van der Waals surface area contributed by atoms with Crippen LogP contribution in [0, 0.1) is 0 Å². The van der Waals surface area contributed by atoms with E-state index in [1.165, 1.54) is 19.6 Å². The molecule has 1 rings (SSSR count). The maximum atomic E-state index is 12.3. The molecule has 1 aromatic rings. The van der Waals surface area contributed by atoms with Crippen LogP contribution in [0.5, 0.6) is 0 Å². The van der Waals surface area contributed by atoms with E-state index in [0.717, 1.165) is 6.07 Å². The molecule has 25 heavy (non-hydrogen) atoms. The van der Waals surface area contributed by atoms with Crippen LogP contribution >= 0.6 is 11.6 Å². The van der Waals surface area contributed by atoms with E-state index in [-0.39, 0.29) is 23.8 Å². The van der Waals surface area contributed by atoms with Gasteiger partial charge in [-0.1, -0.05) is 32.4 Å². The third-order valence-electron chi connectivity index (χ3n) is 3.37. The number of carbonyl (C=O) groups is 1. The molecule has 0 saturated carbocycles. The fourth-order valence-corrected chi connectivity index (χ4v) is 2.07. The first-order chi connectivity index (χ1) is 11.6. The van der Waals surface area contributed by atoms with E-state index < -0.39 is 17.7 Å². The van der Waals surface area contributed by atoms with Crippen molar-refractivity contribution in [2.75, 3.05) is 31.5 Å². The lowest BCUT2D eigenvalue weighted by molar-refractivity contribution is -0.138. The molecule has 0 amide bonds. The van der Waals surface area contributed by atoms with Crippen LogP contribution < -0.4 is 5.32 Å². The molecule has 9 heteroatoms. The largest absolute Gasteiger partial charge is 0.481 e. The minimum absolute atomic E-state index is 0.0365. The molecular weight excluding hydrogens is 359 g/mol. The van der Waals surface area contributed by atoms with Crippen LogP contribution in [0.4, 0.5) is 19.0 Å². The molecule has 5 nitrogen and oxygen atoms in total. The SMILES string of the molecule is CCN(CC)CC.O=C(O)CCCNc1ncc(C(F)(F)F)cc1Cl. The van der Waals surface area contributed by atoms with Gasteiger partial charge in [0, 0.05) is 19.2 Å². The van der Waals surface area contributed by atoms with Crippen molar-refractivity contribution in [2.45, 2.75) is 39.8 Å². The highest BCUT2D eigenvalue weighted by atomic mass is 35.5. The highest BCUT2D eigenvalue weighted by Gasteiger charge is 2.31. The first-order valence-electron chi connectivity index (χ1n) is 8.06. The Morgan fingerprint density at radius 3 is 2.20 bits per heavy atom. The van der Waals surface area contributed by atoms with Crippen LogP contribution in [0.1, 0.15) is 39.2 Å². The average Bonchev–Trinajstić information content (AvgIpc) is 2.54. The van der Waals surface area contributed by atoms with Crippen molar-refractivity contribution in [3.8, 4) is 0 Å². The Bertz CT molecular complexity index is 518. The lowest BCUT2D eigenvalue weighted by atomic mass is 10.2. The lowest BCUT2D eigenvalue weighted by Crippen LogP contribution is -2.21. The summed E-state index contributed by atoms with van der Waals surface area (Å²) in [5.74, 6) is -0.835. The Kier molecular flexibility index (Phi) is 11.2. The monoisotopic (exact) mass is 383 g/mol. The molecule has 0 unspecified atom stereocenters. The third kappa shape index (κ3) is 10.1. The van der Waals surface area contributed by atoms with E-state index in [0.29, 0.717) is 12.6 Å². The van der Waals surface area contributed by atoms with Crippen LogP contribution in [0.3, 0.4) is 0 Å². The van der Waals surface area contributed by atoms with Gasteiger partial charge in [0.15, 0.2) is 0 Å². The zero-order chi connectivity index (χ0) is 19.5. The summed E-state index contributed by atoms with van der Waals surface area (Å²) in [7, 11) is 0. The third-order valence-corrected chi connectivity index (χ3v) is 3.66. The minimum atomic E-state index is -4.49.